The van der Waals surface area contributed by atoms with Crippen molar-refractivity contribution in [3.05, 3.63) is 35.9 Å². The summed E-state index contributed by atoms with van der Waals surface area (Å²) in [5.74, 6) is -0.168. The number of ether oxygens (including phenoxy) is 1. The van der Waals surface area contributed by atoms with Gasteiger partial charge >= 0.3 is 5.97 Å². The van der Waals surface area contributed by atoms with Gasteiger partial charge in [-0.3, -0.25) is 4.79 Å². The molecule has 1 rings (SSSR count). The first-order valence-corrected chi connectivity index (χ1v) is 4.83. The second kappa shape index (κ2) is 4.27. The summed E-state index contributed by atoms with van der Waals surface area (Å²) < 4.78 is 5.33. The molecule has 0 atom stereocenters. The van der Waals surface area contributed by atoms with Crippen LogP contribution in [0.3, 0.4) is 0 Å². The molecule has 1 aromatic carbocycles. The van der Waals surface area contributed by atoms with Crippen molar-refractivity contribution in [2.24, 2.45) is 0 Å². The van der Waals surface area contributed by atoms with Crippen LogP contribution < -0.4 is 0 Å². The molecule has 0 N–H and O–H groups in total. The summed E-state index contributed by atoms with van der Waals surface area (Å²) in [5.41, 5.74) is 0.482. The quantitative estimate of drug-likeness (QED) is 0.688. The fourth-order valence-corrected chi connectivity index (χ4v) is 1.26. The summed E-state index contributed by atoms with van der Waals surface area (Å²) >= 11 is 0. The summed E-state index contributed by atoms with van der Waals surface area (Å²) in [6.07, 6.45) is 0.413. The van der Waals surface area contributed by atoms with Crippen LogP contribution in [-0.2, 0) is 15.1 Å². The Morgan fingerprint density at radius 2 is 1.86 bits per heavy atom. The lowest BCUT2D eigenvalue weighted by Gasteiger charge is -2.25. The first-order valence-electron chi connectivity index (χ1n) is 4.83. The monoisotopic (exact) mass is 192 g/mol. The molecule has 76 valence electrons. The Labute approximate surface area is 84.9 Å². The molecule has 2 nitrogen and oxygen atoms in total. The van der Waals surface area contributed by atoms with Crippen LogP contribution in [0.4, 0.5) is 0 Å². The van der Waals surface area contributed by atoms with E-state index >= 15 is 0 Å². The molecule has 2 heteroatoms. The molecular weight excluding hydrogens is 176 g/mol. The molecule has 0 radical (unpaired) electrons. The molecule has 1 aromatic rings. The molecule has 0 bridgehead atoms. The van der Waals surface area contributed by atoms with Gasteiger partial charge < -0.3 is 4.74 Å². The number of hydrogen-bond donors (Lipinski definition) is 0. The predicted octanol–water partition coefficient (Wildman–Crippen LogP) is 2.87. The smallest absolute Gasteiger partial charge is 0.306 e. The van der Waals surface area contributed by atoms with Crippen LogP contribution in [0.2, 0.25) is 0 Å². The van der Waals surface area contributed by atoms with Crippen LogP contribution in [0.1, 0.15) is 32.8 Å². The Bertz CT molecular complexity index is 301. The van der Waals surface area contributed by atoms with E-state index in [1.165, 1.54) is 0 Å². The third kappa shape index (κ3) is 2.59. The van der Waals surface area contributed by atoms with E-state index in [0.717, 1.165) is 5.56 Å². The average Bonchev–Trinajstić information content (AvgIpc) is 2.18. The predicted molar refractivity (Wildman–Crippen MR) is 55.9 cm³/mol. The van der Waals surface area contributed by atoms with Crippen LogP contribution >= 0.6 is 0 Å². The molecule has 0 unspecified atom stereocenters. The largest absolute Gasteiger partial charge is 0.455 e. The standard InChI is InChI=1S/C12H16O2/c1-4-11(13)14-12(2,3)10-8-6-5-7-9-10/h5-9H,4H2,1-3H3. The van der Waals surface area contributed by atoms with Crippen LogP contribution in [0.5, 0.6) is 0 Å². The SMILES string of the molecule is CCC(=O)OC(C)(C)c1ccccc1. The van der Waals surface area contributed by atoms with E-state index in [4.69, 9.17) is 4.74 Å². The Kier molecular flexibility index (Phi) is 3.28. The Morgan fingerprint density at radius 3 is 2.36 bits per heavy atom. The highest BCUT2D eigenvalue weighted by atomic mass is 16.6. The lowest BCUT2D eigenvalue weighted by atomic mass is 9.98. The van der Waals surface area contributed by atoms with Gasteiger partial charge in [0.15, 0.2) is 0 Å². The average molecular weight is 192 g/mol. The van der Waals surface area contributed by atoms with Crippen molar-refractivity contribution in [1.82, 2.24) is 0 Å². The van der Waals surface area contributed by atoms with E-state index in [9.17, 15) is 4.79 Å². The minimum absolute atomic E-state index is 0.168. The van der Waals surface area contributed by atoms with Gasteiger partial charge in [0.05, 0.1) is 0 Å². The summed E-state index contributed by atoms with van der Waals surface area (Å²) in [5, 5.41) is 0. The van der Waals surface area contributed by atoms with Crippen LogP contribution in [0.15, 0.2) is 30.3 Å². The fourth-order valence-electron chi connectivity index (χ4n) is 1.26. The first kappa shape index (κ1) is 10.8. The molecule has 0 heterocycles. The molecule has 0 aliphatic carbocycles. The van der Waals surface area contributed by atoms with E-state index in [1.54, 1.807) is 6.92 Å². The normalized spacial score (nSPS) is 11.1. The summed E-state index contributed by atoms with van der Waals surface area (Å²) in [6, 6.07) is 9.75. The number of carbonyl (C=O) groups excluding carboxylic acids is 1. The van der Waals surface area contributed by atoms with Crippen molar-refractivity contribution in [2.75, 3.05) is 0 Å². The molecular formula is C12H16O2. The van der Waals surface area contributed by atoms with E-state index in [1.807, 2.05) is 44.2 Å². The van der Waals surface area contributed by atoms with Crippen molar-refractivity contribution in [3.63, 3.8) is 0 Å². The van der Waals surface area contributed by atoms with Crippen molar-refractivity contribution in [1.29, 1.82) is 0 Å². The maximum Gasteiger partial charge on any atom is 0.306 e. The van der Waals surface area contributed by atoms with Gasteiger partial charge in [0.25, 0.3) is 0 Å². The van der Waals surface area contributed by atoms with Crippen molar-refractivity contribution >= 4 is 5.97 Å². The second-order valence-corrected chi connectivity index (χ2v) is 3.70. The van der Waals surface area contributed by atoms with Gasteiger partial charge in [-0.15, -0.1) is 0 Å². The minimum atomic E-state index is -0.533. The zero-order valence-corrected chi connectivity index (χ0v) is 8.91. The maximum absolute atomic E-state index is 11.2. The van der Waals surface area contributed by atoms with Crippen molar-refractivity contribution in [2.45, 2.75) is 32.8 Å². The van der Waals surface area contributed by atoms with Gasteiger partial charge in [0.1, 0.15) is 5.60 Å². The number of rotatable bonds is 3. The second-order valence-electron chi connectivity index (χ2n) is 3.70. The van der Waals surface area contributed by atoms with Crippen LogP contribution in [-0.4, -0.2) is 5.97 Å². The zero-order valence-electron chi connectivity index (χ0n) is 8.91. The highest BCUT2D eigenvalue weighted by Crippen LogP contribution is 2.24. The van der Waals surface area contributed by atoms with E-state index in [0.29, 0.717) is 6.42 Å². The summed E-state index contributed by atoms with van der Waals surface area (Å²) in [7, 11) is 0. The number of esters is 1. The highest BCUT2D eigenvalue weighted by molar-refractivity contribution is 5.69. The molecule has 14 heavy (non-hydrogen) atoms. The zero-order chi connectivity index (χ0) is 10.6. The third-order valence-corrected chi connectivity index (χ3v) is 2.13. The van der Waals surface area contributed by atoms with Crippen molar-refractivity contribution < 1.29 is 9.53 Å². The first-order chi connectivity index (χ1) is 6.56. The lowest BCUT2D eigenvalue weighted by molar-refractivity contribution is -0.157. The molecule has 0 aliphatic heterocycles. The molecule has 0 aromatic heterocycles. The van der Waals surface area contributed by atoms with Gasteiger partial charge in [0, 0.05) is 6.42 Å². The Balaban J connectivity index is 2.80. The van der Waals surface area contributed by atoms with E-state index < -0.39 is 5.60 Å². The van der Waals surface area contributed by atoms with Gasteiger partial charge in [-0.2, -0.15) is 0 Å². The van der Waals surface area contributed by atoms with Crippen LogP contribution in [0.25, 0.3) is 0 Å². The topological polar surface area (TPSA) is 26.3 Å². The molecule has 0 saturated carbocycles. The third-order valence-electron chi connectivity index (χ3n) is 2.13. The van der Waals surface area contributed by atoms with Gasteiger partial charge in [-0.1, -0.05) is 37.3 Å². The fraction of sp³-hybridized carbons (Fsp3) is 0.417. The lowest BCUT2D eigenvalue weighted by Crippen LogP contribution is -2.25. The Morgan fingerprint density at radius 1 is 1.29 bits per heavy atom. The van der Waals surface area contributed by atoms with E-state index in [-0.39, 0.29) is 5.97 Å². The van der Waals surface area contributed by atoms with Gasteiger partial charge in [0.2, 0.25) is 0 Å². The number of benzene rings is 1. The highest BCUT2D eigenvalue weighted by Gasteiger charge is 2.23. The molecule has 0 fully saturated rings. The molecule has 0 aliphatic rings. The minimum Gasteiger partial charge on any atom is -0.455 e. The molecule has 0 saturated heterocycles. The van der Waals surface area contributed by atoms with E-state index in [2.05, 4.69) is 0 Å². The number of hydrogen-bond acceptors (Lipinski definition) is 2. The van der Waals surface area contributed by atoms with Crippen LogP contribution in [0, 0.1) is 0 Å². The maximum atomic E-state index is 11.2. The Hall–Kier alpha value is -1.31. The van der Waals surface area contributed by atoms with Gasteiger partial charge in [-0.05, 0) is 19.4 Å². The summed E-state index contributed by atoms with van der Waals surface area (Å²) in [4.78, 5) is 11.2. The van der Waals surface area contributed by atoms with Crippen molar-refractivity contribution in [3.8, 4) is 0 Å². The van der Waals surface area contributed by atoms with Gasteiger partial charge in [-0.25, -0.2) is 0 Å². The summed E-state index contributed by atoms with van der Waals surface area (Å²) in [6.45, 7) is 5.59. The molecule has 0 spiro atoms. The molecule has 0 amide bonds. The number of carbonyl (C=O) groups is 1.